The highest BCUT2D eigenvalue weighted by Crippen LogP contribution is 2.23. The molecule has 1 atom stereocenters. The summed E-state index contributed by atoms with van der Waals surface area (Å²) in [6, 6.07) is 5.37. The Kier molecular flexibility index (Phi) is 5.66. The number of hydrogen-bond donors (Lipinski definition) is 0. The van der Waals surface area contributed by atoms with Crippen molar-refractivity contribution in [3.8, 4) is 5.75 Å². The van der Waals surface area contributed by atoms with E-state index in [2.05, 4.69) is 4.74 Å². The number of esters is 2. The number of carbonyl (C=O) groups excluding carboxylic acids is 3. The normalized spacial score (nSPS) is 17.1. The van der Waals surface area contributed by atoms with E-state index >= 15 is 0 Å². The van der Waals surface area contributed by atoms with Crippen LogP contribution in [-0.2, 0) is 14.3 Å². The summed E-state index contributed by atoms with van der Waals surface area (Å²) < 4.78 is 15.3. The van der Waals surface area contributed by atoms with Crippen molar-refractivity contribution >= 4 is 18.0 Å². The summed E-state index contributed by atoms with van der Waals surface area (Å²) in [7, 11) is 1.29. The Labute approximate surface area is 146 Å². The van der Waals surface area contributed by atoms with Gasteiger partial charge in [-0.25, -0.2) is 14.4 Å². The average molecular weight is 349 g/mol. The van der Waals surface area contributed by atoms with Gasteiger partial charge in [0.05, 0.1) is 12.7 Å². The van der Waals surface area contributed by atoms with Crippen molar-refractivity contribution in [3.63, 3.8) is 0 Å². The Balaban J connectivity index is 2.01. The first-order valence-electron chi connectivity index (χ1n) is 8.11. The maximum absolute atomic E-state index is 12.4. The summed E-state index contributed by atoms with van der Waals surface area (Å²) in [6.07, 6.45) is 0.714. The quantitative estimate of drug-likeness (QED) is 0.616. The summed E-state index contributed by atoms with van der Waals surface area (Å²) in [4.78, 5) is 37.4. The number of likely N-dealkylation sites (tertiary alicyclic amines) is 1. The lowest BCUT2D eigenvalue weighted by atomic mass is 10.2. The van der Waals surface area contributed by atoms with E-state index in [0.717, 1.165) is 0 Å². The minimum Gasteiger partial charge on any atom is -0.465 e. The minimum atomic E-state index is -0.671. The molecule has 0 saturated carbocycles. The van der Waals surface area contributed by atoms with E-state index in [1.54, 1.807) is 20.8 Å². The van der Waals surface area contributed by atoms with Crippen LogP contribution in [-0.4, -0.2) is 48.2 Å². The van der Waals surface area contributed by atoms with E-state index in [-0.39, 0.29) is 0 Å². The zero-order valence-electron chi connectivity index (χ0n) is 14.9. The maximum atomic E-state index is 12.4. The Bertz CT molecular complexity index is 647. The van der Waals surface area contributed by atoms with Crippen LogP contribution in [0.1, 0.15) is 44.0 Å². The molecule has 1 aliphatic heterocycles. The topological polar surface area (TPSA) is 82.1 Å². The van der Waals surface area contributed by atoms with Gasteiger partial charge in [0.25, 0.3) is 0 Å². The molecule has 0 aromatic heterocycles. The number of nitrogens with zero attached hydrogens (tertiary/aromatic N) is 1. The van der Waals surface area contributed by atoms with Gasteiger partial charge in [0.2, 0.25) is 0 Å². The number of benzene rings is 1. The summed E-state index contributed by atoms with van der Waals surface area (Å²) in [5, 5.41) is 0. The lowest BCUT2D eigenvalue weighted by Gasteiger charge is -2.27. The van der Waals surface area contributed by atoms with Gasteiger partial charge in [-0.2, -0.15) is 0 Å². The molecule has 7 nitrogen and oxygen atoms in total. The van der Waals surface area contributed by atoms with E-state index in [9.17, 15) is 14.4 Å². The van der Waals surface area contributed by atoms with E-state index in [0.29, 0.717) is 30.7 Å². The van der Waals surface area contributed by atoms with Crippen LogP contribution in [0.15, 0.2) is 24.3 Å². The molecule has 0 aliphatic carbocycles. The highest BCUT2D eigenvalue weighted by atomic mass is 16.6. The van der Waals surface area contributed by atoms with Gasteiger partial charge < -0.3 is 14.2 Å². The second-order valence-electron chi connectivity index (χ2n) is 6.77. The van der Waals surface area contributed by atoms with Gasteiger partial charge in [-0.1, -0.05) is 0 Å². The molecule has 1 aromatic rings. The Morgan fingerprint density at radius 2 is 1.76 bits per heavy atom. The van der Waals surface area contributed by atoms with Crippen LogP contribution in [0, 0.1) is 0 Å². The minimum absolute atomic E-state index is 0.300. The average Bonchev–Trinajstić information content (AvgIpc) is 3.03. The van der Waals surface area contributed by atoms with E-state index < -0.39 is 29.7 Å². The van der Waals surface area contributed by atoms with Gasteiger partial charge in [0.1, 0.15) is 17.4 Å². The fourth-order valence-electron chi connectivity index (χ4n) is 2.51. The Morgan fingerprint density at radius 1 is 1.12 bits per heavy atom. The molecule has 25 heavy (non-hydrogen) atoms. The Hall–Kier alpha value is -2.57. The van der Waals surface area contributed by atoms with E-state index in [1.165, 1.54) is 36.3 Å². The summed E-state index contributed by atoms with van der Waals surface area (Å²) in [6.45, 7) is 5.78. The van der Waals surface area contributed by atoms with E-state index in [4.69, 9.17) is 9.47 Å². The third-order valence-corrected chi connectivity index (χ3v) is 3.65. The van der Waals surface area contributed by atoms with Gasteiger partial charge in [0, 0.05) is 6.54 Å². The number of amides is 1. The molecule has 7 heteroatoms. The number of carbonyl (C=O) groups is 3. The first-order valence-corrected chi connectivity index (χ1v) is 8.11. The summed E-state index contributed by atoms with van der Waals surface area (Å²) in [5.41, 5.74) is -0.267. The van der Waals surface area contributed by atoms with E-state index in [1.807, 2.05) is 0 Å². The van der Waals surface area contributed by atoms with Crippen molar-refractivity contribution in [1.29, 1.82) is 0 Å². The van der Waals surface area contributed by atoms with Crippen LogP contribution >= 0.6 is 0 Å². The summed E-state index contributed by atoms with van der Waals surface area (Å²) >= 11 is 0. The highest BCUT2D eigenvalue weighted by Gasteiger charge is 2.37. The standard InChI is InChI=1S/C18H23NO6/c1-18(2,3)25-17(22)19-11-5-6-14(19)16(21)24-13-9-7-12(8-10-13)15(20)23-4/h7-10,14H,5-6,11H2,1-4H3. The molecule has 1 fully saturated rings. The van der Waals surface area contributed by atoms with Crippen molar-refractivity contribution in [3.05, 3.63) is 29.8 Å². The molecule has 1 aromatic carbocycles. The third-order valence-electron chi connectivity index (χ3n) is 3.65. The van der Waals surface area contributed by atoms with Gasteiger partial charge in [0.15, 0.2) is 0 Å². The third kappa shape index (κ3) is 4.95. The number of ether oxygens (including phenoxy) is 3. The molecule has 0 spiro atoms. The molecule has 2 rings (SSSR count). The largest absolute Gasteiger partial charge is 0.465 e. The maximum Gasteiger partial charge on any atom is 0.411 e. The van der Waals surface area contributed by atoms with Crippen LogP contribution in [0.25, 0.3) is 0 Å². The van der Waals surface area contributed by atoms with Crippen molar-refractivity contribution in [2.24, 2.45) is 0 Å². The van der Waals surface area contributed by atoms with Gasteiger partial charge >= 0.3 is 18.0 Å². The molecule has 0 bridgehead atoms. The number of hydrogen-bond acceptors (Lipinski definition) is 6. The molecule has 1 saturated heterocycles. The molecule has 136 valence electrons. The predicted octanol–water partition coefficient (Wildman–Crippen LogP) is 2.78. The number of rotatable bonds is 3. The van der Waals surface area contributed by atoms with Crippen LogP contribution < -0.4 is 4.74 Å². The Morgan fingerprint density at radius 3 is 2.32 bits per heavy atom. The molecule has 0 N–H and O–H groups in total. The zero-order valence-corrected chi connectivity index (χ0v) is 14.9. The van der Waals surface area contributed by atoms with Gasteiger partial charge in [-0.3, -0.25) is 4.90 Å². The fourth-order valence-corrected chi connectivity index (χ4v) is 2.51. The molecule has 0 radical (unpaired) electrons. The molecule has 1 aliphatic rings. The van der Waals surface area contributed by atoms with Crippen molar-refractivity contribution in [1.82, 2.24) is 4.90 Å². The van der Waals surface area contributed by atoms with Crippen molar-refractivity contribution in [2.75, 3.05) is 13.7 Å². The lowest BCUT2D eigenvalue weighted by Crippen LogP contribution is -2.44. The van der Waals surface area contributed by atoms with Gasteiger partial charge in [-0.05, 0) is 57.9 Å². The van der Waals surface area contributed by atoms with Crippen LogP contribution in [0.4, 0.5) is 4.79 Å². The molecule has 1 amide bonds. The van der Waals surface area contributed by atoms with Crippen LogP contribution in [0.2, 0.25) is 0 Å². The van der Waals surface area contributed by atoms with Crippen LogP contribution in [0.3, 0.4) is 0 Å². The highest BCUT2D eigenvalue weighted by molar-refractivity contribution is 5.89. The van der Waals surface area contributed by atoms with Crippen LogP contribution in [0.5, 0.6) is 5.75 Å². The second kappa shape index (κ2) is 7.55. The number of methoxy groups -OCH3 is 1. The zero-order chi connectivity index (χ0) is 18.6. The first kappa shape index (κ1) is 18.8. The lowest BCUT2D eigenvalue weighted by molar-refractivity contribution is -0.139. The predicted molar refractivity (Wildman–Crippen MR) is 89.4 cm³/mol. The molecular formula is C18H23NO6. The molecule has 1 heterocycles. The van der Waals surface area contributed by atoms with Crippen molar-refractivity contribution < 1.29 is 28.6 Å². The monoisotopic (exact) mass is 349 g/mol. The first-order chi connectivity index (χ1) is 11.7. The van der Waals surface area contributed by atoms with Crippen molar-refractivity contribution in [2.45, 2.75) is 45.3 Å². The summed E-state index contributed by atoms with van der Waals surface area (Å²) in [5.74, 6) is -0.687. The smallest absolute Gasteiger partial charge is 0.411 e. The SMILES string of the molecule is COC(=O)c1ccc(OC(=O)C2CCCN2C(=O)OC(C)(C)C)cc1. The molecule has 1 unspecified atom stereocenters. The van der Waals surface area contributed by atoms with Gasteiger partial charge in [-0.15, -0.1) is 0 Å². The fraction of sp³-hybridized carbons (Fsp3) is 0.500. The molecular weight excluding hydrogens is 326 g/mol. The second-order valence-corrected chi connectivity index (χ2v) is 6.77.